The van der Waals surface area contributed by atoms with Gasteiger partial charge in [0, 0.05) is 0 Å². The molecule has 0 fully saturated rings. The van der Waals surface area contributed by atoms with Crippen molar-refractivity contribution >= 4 is 11.5 Å². The maximum absolute atomic E-state index is 11.4. The van der Waals surface area contributed by atoms with E-state index in [9.17, 15) is 9.90 Å². The van der Waals surface area contributed by atoms with Crippen LogP contribution in [0.15, 0.2) is 30.3 Å². The van der Waals surface area contributed by atoms with Gasteiger partial charge >= 0.3 is 5.97 Å². The molecule has 2 nitrogen and oxygen atoms in total. The molecule has 0 unspecified atom stereocenters. The minimum Gasteiger partial charge on any atom is -0.478 e. The maximum atomic E-state index is 11.4. The summed E-state index contributed by atoms with van der Waals surface area (Å²) in [6, 6.07) is 8.05. The van der Waals surface area contributed by atoms with E-state index in [-0.39, 0.29) is 0 Å². The molecule has 0 saturated heterocycles. The van der Waals surface area contributed by atoms with Crippen LogP contribution < -0.4 is 0 Å². The van der Waals surface area contributed by atoms with Gasteiger partial charge < -0.3 is 5.11 Å². The zero-order valence-electron chi connectivity index (χ0n) is 14.8. The Morgan fingerprint density at radius 3 is 2.35 bits per heavy atom. The van der Waals surface area contributed by atoms with Gasteiger partial charge in [-0.25, -0.2) is 4.79 Å². The predicted octanol–water partition coefficient (Wildman–Crippen LogP) is 6.25. The molecule has 0 aromatic heterocycles. The number of rotatable bonds is 12. The Bertz CT molecular complexity index is 488. The molecule has 0 aliphatic rings. The highest BCUT2D eigenvalue weighted by Crippen LogP contribution is 2.19. The van der Waals surface area contributed by atoms with Crippen LogP contribution in [0.5, 0.6) is 0 Å². The number of benzene rings is 1. The van der Waals surface area contributed by atoms with Gasteiger partial charge in [0.2, 0.25) is 0 Å². The second-order valence-corrected chi connectivity index (χ2v) is 6.28. The summed E-state index contributed by atoms with van der Waals surface area (Å²) in [5.74, 6) is -0.827. The highest BCUT2D eigenvalue weighted by molar-refractivity contribution is 6.15. The summed E-state index contributed by atoms with van der Waals surface area (Å²) < 4.78 is 0. The van der Waals surface area contributed by atoms with Gasteiger partial charge in [-0.15, -0.1) is 0 Å². The number of hydrogen-bond donors (Lipinski definition) is 1. The Balaban J connectivity index is 2.51. The molecule has 2 heteroatoms. The van der Waals surface area contributed by atoms with Crippen LogP contribution in [0.3, 0.4) is 0 Å². The molecule has 0 amide bonds. The lowest BCUT2D eigenvalue weighted by Crippen LogP contribution is -2.00. The maximum Gasteiger partial charge on any atom is 0.335 e. The molecular weight excluding hydrogens is 284 g/mol. The summed E-state index contributed by atoms with van der Waals surface area (Å²) >= 11 is 0. The first kappa shape index (κ1) is 19.5. The summed E-state index contributed by atoms with van der Waals surface area (Å²) in [7, 11) is 0. The van der Waals surface area contributed by atoms with Crippen LogP contribution in [-0.4, -0.2) is 11.1 Å². The zero-order valence-corrected chi connectivity index (χ0v) is 14.8. The molecule has 0 radical (unpaired) electrons. The van der Waals surface area contributed by atoms with E-state index in [1.807, 2.05) is 24.3 Å². The average molecular weight is 316 g/mol. The number of hydrogen-bond acceptors (Lipinski definition) is 1. The second-order valence-electron chi connectivity index (χ2n) is 6.28. The lowest BCUT2D eigenvalue weighted by molar-refractivity contribution is -0.130. The van der Waals surface area contributed by atoms with Crippen molar-refractivity contribution in [1.82, 2.24) is 0 Å². The molecule has 0 aliphatic heterocycles. The van der Waals surface area contributed by atoms with Crippen LogP contribution in [-0.2, 0) is 11.2 Å². The first-order chi connectivity index (χ1) is 11.2. The van der Waals surface area contributed by atoms with Crippen molar-refractivity contribution in [2.24, 2.45) is 0 Å². The molecule has 0 heterocycles. The molecule has 0 spiro atoms. The largest absolute Gasteiger partial charge is 0.478 e. The first-order valence-electron chi connectivity index (χ1n) is 9.21. The molecule has 0 saturated carbocycles. The first-order valence-corrected chi connectivity index (χ1v) is 9.21. The van der Waals surface area contributed by atoms with Gasteiger partial charge in [-0.3, -0.25) is 0 Å². The van der Waals surface area contributed by atoms with Crippen molar-refractivity contribution in [2.75, 3.05) is 0 Å². The standard InChI is InChI=1S/C21H32O2/c1-3-5-7-8-9-10-11-13-18-14-12-15-19(17-18)20(21(22)23)16-6-4-2/h12,14-17H,3-11,13H2,1-2H3,(H,22,23). The number of carbonyl (C=O) groups is 1. The number of aryl methyl sites for hydroxylation is 1. The highest BCUT2D eigenvalue weighted by atomic mass is 16.4. The monoisotopic (exact) mass is 316 g/mol. The molecule has 128 valence electrons. The highest BCUT2D eigenvalue weighted by Gasteiger charge is 2.10. The average Bonchev–Trinajstić information content (AvgIpc) is 2.54. The molecule has 0 aliphatic carbocycles. The van der Waals surface area contributed by atoms with Gasteiger partial charge in [0.25, 0.3) is 0 Å². The summed E-state index contributed by atoms with van der Waals surface area (Å²) in [5.41, 5.74) is 2.53. The smallest absolute Gasteiger partial charge is 0.335 e. The molecule has 1 rings (SSSR count). The Labute approximate surface area is 141 Å². The van der Waals surface area contributed by atoms with Gasteiger partial charge in [0.05, 0.1) is 5.57 Å². The SMILES string of the molecule is CCCC=C(C(=O)O)c1cccc(CCCCCCCCC)c1. The molecule has 0 bridgehead atoms. The van der Waals surface area contributed by atoms with E-state index < -0.39 is 5.97 Å². The van der Waals surface area contributed by atoms with Gasteiger partial charge in [-0.1, -0.05) is 89.1 Å². The molecular formula is C21H32O2. The Morgan fingerprint density at radius 1 is 1.00 bits per heavy atom. The summed E-state index contributed by atoms with van der Waals surface area (Å²) in [6.45, 7) is 4.31. The lowest BCUT2D eigenvalue weighted by atomic mass is 9.98. The van der Waals surface area contributed by atoms with Crippen LogP contribution >= 0.6 is 0 Å². The van der Waals surface area contributed by atoms with Crippen LogP contribution in [0.4, 0.5) is 0 Å². The van der Waals surface area contributed by atoms with Crippen molar-refractivity contribution in [2.45, 2.75) is 78.1 Å². The fourth-order valence-electron chi connectivity index (χ4n) is 2.80. The van der Waals surface area contributed by atoms with Gasteiger partial charge in [-0.2, -0.15) is 0 Å². The normalized spacial score (nSPS) is 11.7. The third kappa shape index (κ3) is 8.01. The van der Waals surface area contributed by atoms with E-state index >= 15 is 0 Å². The number of unbranched alkanes of at least 4 members (excludes halogenated alkanes) is 7. The van der Waals surface area contributed by atoms with Crippen LogP contribution in [0, 0.1) is 0 Å². The van der Waals surface area contributed by atoms with Crippen molar-refractivity contribution in [3.8, 4) is 0 Å². The van der Waals surface area contributed by atoms with Gasteiger partial charge in [0.15, 0.2) is 0 Å². The molecule has 0 atom stereocenters. The van der Waals surface area contributed by atoms with Crippen molar-refractivity contribution < 1.29 is 9.90 Å². The molecule has 23 heavy (non-hydrogen) atoms. The summed E-state index contributed by atoms with van der Waals surface area (Å²) in [4.78, 5) is 11.4. The molecule has 1 aromatic carbocycles. The third-order valence-corrected chi connectivity index (χ3v) is 4.17. The molecule has 1 aromatic rings. The minimum atomic E-state index is -0.827. The Kier molecular flexibility index (Phi) is 10.1. The van der Waals surface area contributed by atoms with E-state index in [2.05, 4.69) is 19.9 Å². The Morgan fingerprint density at radius 2 is 1.70 bits per heavy atom. The van der Waals surface area contributed by atoms with Gasteiger partial charge in [0.1, 0.15) is 0 Å². The summed E-state index contributed by atoms with van der Waals surface area (Å²) in [5, 5.41) is 9.39. The number of aliphatic carboxylic acids is 1. The number of carboxylic acid groups (broad SMARTS) is 1. The minimum absolute atomic E-state index is 0.438. The van der Waals surface area contributed by atoms with Gasteiger partial charge in [-0.05, 0) is 30.4 Å². The summed E-state index contributed by atoms with van der Waals surface area (Å²) in [6.07, 6.45) is 13.8. The van der Waals surface area contributed by atoms with E-state index in [1.54, 1.807) is 0 Å². The van der Waals surface area contributed by atoms with E-state index in [1.165, 1.54) is 50.5 Å². The molecule has 1 N–H and O–H groups in total. The van der Waals surface area contributed by atoms with Crippen LogP contribution in [0.25, 0.3) is 5.57 Å². The topological polar surface area (TPSA) is 37.3 Å². The van der Waals surface area contributed by atoms with Crippen LogP contribution in [0.2, 0.25) is 0 Å². The number of carboxylic acids is 1. The second kappa shape index (κ2) is 11.9. The zero-order chi connectivity index (χ0) is 16.9. The van der Waals surface area contributed by atoms with E-state index in [4.69, 9.17) is 0 Å². The fourth-order valence-corrected chi connectivity index (χ4v) is 2.80. The Hall–Kier alpha value is -1.57. The number of allylic oxidation sites excluding steroid dienone is 1. The fraction of sp³-hybridized carbons (Fsp3) is 0.571. The third-order valence-electron chi connectivity index (χ3n) is 4.17. The van der Waals surface area contributed by atoms with E-state index in [0.29, 0.717) is 5.57 Å². The van der Waals surface area contributed by atoms with Crippen molar-refractivity contribution in [3.05, 3.63) is 41.5 Å². The van der Waals surface area contributed by atoms with Crippen molar-refractivity contribution in [3.63, 3.8) is 0 Å². The lowest BCUT2D eigenvalue weighted by Gasteiger charge is -2.07. The van der Waals surface area contributed by atoms with Crippen molar-refractivity contribution in [1.29, 1.82) is 0 Å². The van der Waals surface area contributed by atoms with E-state index in [0.717, 1.165) is 24.8 Å². The van der Waals surface area contributed by atoms with Crippen LogP contribution in [0.1, 0.15) is 82.8 Å². The quantitative estimate of drug-likeness (QED) is 0.365. The predicted molar refractivity (Wildman–Crippen MR) is 98.7 cm³/mol.